The average molecular weight is 263 g/mol. The van der Waals surface area contributed by atoms with Crippen LogP contribution in [0.2, 0.25) is 0 Å². The van der Waals surface area contributed by atoms with Gasteiger partial charge >= 0.3 is 0 Å². The molecule has 2 aromatic rings. The van der Waals surface area contributed by atoms with Crippen LogP contribution in [0.15, 0.2) is 67.4 Å². The van der Waals surface area contributed by atoms with Gasteiger partial charge in [0.1, 0.15) is 5.75 Å². The number of benzene rings is 2. The number of anilines is 1. The molecule has 0 aromatic heterocycles. The van der Waals surface area contributed by atoms with Crippen LogP contribution in [-0.4, -0.2) is 7.11 Å². The van der Waals surface area contributed by atoms with Crippen LogP contribution < -0.4 is 9.64 Å². The van der Waals surface area contributed by atoms with Crippen LogP contribution in [0.25, 0.3) is 5.57 Å². The number of rotatable bonds is 3. The Morgan fingerprint density at radius 3 is 2.65 bits per heavy atom. The van der Waals surface area contributed by atoms with Crippen molar-refractivity contribution in [2.45, 2.75) is 6.54 Å². The first kappa shape index (κ1) is 12.5. The first-order valence-electron chi connectivity index (χ1n) is 6.64. The molecule has 100 valence electrons. The van der Waals surface area contributed by atoms with Crippen LogP contribution in [0.1, 0.15) is 11.1 Å². The summed E-state index contributed by atoms with van der Waals surface area (Å²) in [5.74, 6) is 0.861. The Bertz CT molecular complexity index is 658. The highest BCUT2D eigenvalue weighted by Gasteiger charge is 2.16. The molecule has 2 nitrogen and oxygen atoms in total. The second-order valence-corrected chi connectivity index (χ2v) is 4.84. The van der Waals surface area contributed by atoms with E-state index in [1.807, 2.05) is 24.3 Å². The summed E-state index contributed by atoms with van der Waals surface area (Å²) in [5.41, 5.74) is 4.60. The molecule has 1 aliphatic rings. The summed E-state index contributed by atoms with van der Waals surface area (Å²) in [7, 11) is 1.69. The van der Waals surface area contributed by atoms with Crippen molar-refractivity contribution in [3.05, 3.63) is 78.5 Å². The number of allylic oxidation sites excluding steroid dienone is 2. The predicted molar refractivity (Wildman–Crippen MR) is 83.8 cm³/mol. The fraction of sp³-hybridized carbons (Fsp3) is 0.111. The summed E-state index contributed by atoms with van der Waals surface area (Å²) >= 11 is 0. The van der Waals surface area contributed by atoms with Crippen LogP contribution in [0.5, 0.6) is 5.75 Å². The maximum Gasteiger partial charge on any atom is 0.119 e. The maximum atomic E-state index is 5.30. The van der Waals surface area contributed by atoms with Gasteiger partial charge in [0.05, 0.1) is 7.11 Å². The lowest BCUT2D eigenvalue weighted by atomic mass is 10.0. The Kier molecular flexibility index (Phi) is 3.30. The van der Waals surface area contributed by atoms with Crippen molar-refractivity contribution in [2.75, 3.05) is 12.0 Å². The van der Waals surface area contributed by atoms with E-state index in [-0.39, 0.29) is 0 Å². The van der Waals surface area contributed by atoms with Crippen molar-refractivity contribution >= 4 is 11.3 Å². The Hall–Kier alpha value is -2.48. The van der Waals surface area contributed by atoms with Crippen molar-refractivity contribution in [2.24, 2.45) is 0 Å². The van der Waals surface area contributed by atoms with E-state index in [0.29, 0.717) is 0 Å². The zero-order valence-corrected chi connectivity index (χ0v) is 11.5. The van der Waals surface area contributed by atoms with Crippen LogP contribution in [-0.2, 0) is 6.54 Å². The van der Waals surface area contributed by atoms with Gasteiger partial charge in [0.2, 0.25) is 0 Å². The van der Waals surface area contributed by atoms with E-state index >= 15 is 0 Å². The van der Waals surface area contributed by atoms with E-state index in [9.17, 15) is 0 Å². The van der Waals surface area contributed by atoms with Gasteiger partial charge in [0.25, 0.3) is 0 Å². The third-order valence-corrected chi connectivity index (χ3v) is 3.51. The van der Waals surface area contributed by atoms with Crippen LogP contribution in [0, 0.1) is 0 Å². The monoisotopic (exact) mass is 263 g/mol. The van der Waals surface area contributed by atoms with Gasteiger partial charge in [-0.1, -0.05) is 36.9 Å². The first-order chi connectivity index (χ1) is 9.78. The van der Waals surface area contributed by atoms with Gasteiger partial charge < -0.3 is 9.64 Å². The minimum Gasteiger partial charge on any atom is -0.497 e. The normalized spacial score (nSPS) is 13.2. The molecule has 0 aliphatic carbocycles. The quantitative estimate of drug-likeness (QED) is 0.821. The van der Waals surface area contributed by atoms with Gasteiger partial charge in [-0.05, 0) is 35.4 Å². The molecule has 3 rings (SSSR count). The molecule has 0 atom stereocenters. The lowest BCUT2D eigenvalue weighted by Gasteiger charge is -2.27. The molecule has 1 aliphatic heterocycles. The second kappa shape index (κ2) is 5.25. The summed E-state index contributed by atoms with van der Waals surface area (Å²) in [6.07, 6.45) is 4.13. The number of hydrogen-bond donors (Lipinski definition) is 0. The fourth-order valence-electron chi connectivity index (χ4n) is 2.42. The van der Waals surface area contributed by atoms with E-state index in [2.05, 4.69) is 48.0 Å². The summed E-state index contributed by atoms with van der Waals surface area (Å²) in [4.78, 5) is 2.23. The van der Waals surface area contributed by atoms with Crippen LogP contribution >= 0.6 is 0 Å². The fourth-order valence-corrected chi connectivity index (χ4v) is 2.42. The largest absolute Gasteiger partial charge is 0.497 e. The maximum absolute atomic E-state index is 5.30. The highest BCUT2D eigenvalue weighted by atomic mass is 16.5. The Labute approximate surface area is 119 Å². The summed E-state index contributed by atoms with van der Waals surface area (Å²) < 4.78 is 5.30. The second-order valence-electron chi connectivity index (χ2n) is 4.84. The van der Waals surface area contributed by atoms with Crippen molar-refractivity contribution in [1.82, 2.24) is 0 Å². The lowest BCUT2D eigenvalue weighted by molar-refractivity contribution is 0.414. The van der Waals surface area contributed by atoms with Gasteiger partial charge in [-0.15, -0.1) is 0 Å². The number of fused-ring (bicyclic) bond motifs is 1. The third kappa shape index (κ3) is 2.32. The molecule has 1 heterocycles. The predicted octanol–water partition coefficient (Wildman–Crippen LogP) is 4.24. The molecule has 0 fully saturated rings. The molecule has 2 aromatic carbocycles. The van der Waals surface area contributed by atoms with Gasteiger partial charge in [0.15, 0.2) is 0 Å². The number of hydrogen-bond acceptors (Lipinski definition) is 2. The van der Waals surface area contributed by atoms with E-state index in [1.54, 1.807) is 7.11 Å². The molecule has 2 heteroatoms. The SMILES string of the molecule is C=C1C=CN(Cc2ccccc2)c2ccc(OC)cc21. The van der Waals surface area contributed by atoms with E-state index in [1.165, 1.54) is 11.3 Å². The molecular weight excluding hydrogens is 246 g/mol. The molecular formula is C18H17NO. The van der Waals surface area contributed by atoms with Crippen molar-refractivity contribution < 1.29 is 4.74 Å². The average Bonchev–Trinajstić information content (AvgIpc) is 2.51. The standard InChI is InChI=1S/C18H17NO/c1-14-10-11-19(13-15-6-4-3-5-7-15)18-9-8-16(20-2)12-17(14)18/h3-12H,1,13H2,2H3. The topological polar surface area (TPSA) is 12.5 Å². The van der Waals surface area contributed by atoms with Gasteiger partial charge in [-0.3, -0.25) is 0 Å². The van der Waals surface area contributed by atoms with Crippen LogP contribution in [0.3, 0.4) is 0 Å². The van der Waals surface area contributed by atoms with Gasteiger partial charge in [-0.2, -0.15) is 0 Å². The minimum absolute atomic E-state index is 0.851. The third-order valence-electron chi connectivity index (χ3n) is 3.51. The number of methoxy groups -OCH3 is 1. The Morgan fingerprint density at radius 1 is 1.10 bits per heavy atom. The van der Waals surface area contributed by atoms with Crippen molar-refractivity contribution in [3.8, 4) is 5.75 Å². The van der Waals surface area contributed by atoms with E-state index in [4.69, 9.17) is 4.74 Å². The molecule has 20 heavy (non-hydrogen) atoms. The zero-order chi connectivity index (χ0) is 13.9. The molecule has 0 N–H and O–H groups in total. The molecule has 0 spiro atoms. The molecule has 0 bridgehead atoms. The summed E-state index contributed by atoms with van der Waals surface area (Å²) in [6.45, 7) is 4.95. The molecule has 0 amide bonds. The van der Waals surface area contributed by atoms with E-state index in [0.717, 1.165) is 23.4 Å². The van der Waals surface area contributed by atoms with Crippen molar-refractivity contribution in [1.29, 1.82) is 0 Å². The number of ether oxygens (including phenoxy) is 1. The lowest BCUT2D eigenvalue weighted by Crippen LogP contribution is -2.19. The van der Waals surface area contributed by atoms with Gasteiger partial charge in [0, 0.05) is 24.0 Å². The Balaban J connectivity index is 1.95. The molecule has 0 radical (unpaired) electrons. The van der Waals surface area contributed by atoms with Crippen molar-refractivity contribution in [3.63, 3.8) is 0 Å². The molecule has 0 saturated carbocycles. The Morgan fingerprint density at radius 2 is 1.90 bits per heavy atom. The summed E-state index contributed by atoms with van der Waals surface area (Å²) in [5, 5.41) is 0. The number of nitrogens with zero attached hydrogens (tertiary/aromatic N) is 1. The van der Waals surface area contributed by atoms with Gasteiger partial charge in [-0.25, -0.2) is 0 Å². The molecule has 0 unspecified atom stereocenters. The first-order valence-corrected chi connectivity index (χ1v) is 6.64. The zero-order valence-electron chi connectivity index (χ0n) is 11.5. The highest BCUT2D eigenvalue weighted by molar-refractivity contribution is 5.85. The minimum atomic E-state index is 0.851. The van der Waals surface area contributed by atoms with E-state index < -0.39 is 0 Å². The summed E-state index contributed by atoms with van der Waals surface area (Å²) in [6, 6.07) is 16.6. The smallest absolute Gasteiger partial charge is 0.119 e. The highest BCUT2D eigenvalue weighted by Crippen LogP contribution is 2.35. The van der Waals surface area contributed by atoms with Crippen LogP contribution in [0.4, 0.5) is 5.69 Å². The molecule has 0 saturated heterocycles.